The molecule has 1 fully saturated rings. The quantitative estimate of drug-likeness (QED) is 0.426. The molecule has 1 aliphatic heterocycles. The molecule has 0 bridgehead atoms. The van der Waals surface area contributed by atoms with E-state index in [4.69, 9.17) is 0 Å². The van der Waals surface area contributed by atoms with Crippen LogP contribution in [0, 0.1) is 0 Å². The van der Waals surface area contributed by atoms with E-state index in [-0.39, 0.29) is 5.91 Å². The number of amidine groups is 1. The maximum absolute atomic E-state index is 11.8. The Morgan fingerprint density at radius 3 is 2.16 bits per heavy atom. The maximum atomic E-state index is 11.8. The molecule has 25 heavy (non-hydrogen) atoms. The zero-order valence-electron chi connectivity index (χ0n) is 14.0. The third-order valence-corrected chi connectivity index (χ3v) is 5.34. The SMILES string of the molecule is CC1(C)S/C(=N\N=C\c2c3ccccc3cc3ccccc23)NC1=O. The Bertz CT molecular complexity index is 999. The van der Waals surface area contributed by atoms with Gasteiger partial charge in [-0.3, -0.25) is 4.79 Å². The molecule has 1 aliphatic rings. The van der Waals surface area contributed by atoms with Crippen LogP contribution in [-0.4, -0.2) is 22.0 Å². The van der Waals surface area contributed by atoms with E-state index in [1.165, 1.54) is 22.5 Å². The first-order chi connectivity index (χ1) is 12.0. The number of carbonyl (C=O) groups excluding carboxylic acids is 1. The third-order valence-electron chi connectivity index (χ3n) is 4.27. The fourth-order valence-corrected chi connectivity index (χ4v) is 3.79. The van der Waals surface area contributed by atoms with Crippen molar-refractivity contribution in [3.8, 4) is 0 Å². The molecule has 5 heteroatoms. The standard InChI is InChI=1S/C20H17N3OS/c1-20(2)18(24)22-19(25-20)23-21-12-17-15-9-5-3-7-13(15)11-14-8-4-6-10-16(14)17/h3-12H,1-2H3,(H,22,23,24)/b21-12+. The fourth-order valence-electron chi connectivity index (χ4n) is 2.93. The molecule has 0 aliphatic carbocycles. The molecule has 0 aromatic heterocycles. The lowest BCUT2D eigenvalue weighted by Crippen LogP contribution is -2.30. The number of nitrogens with one attached hydrogen (secondary N) is 1. The van der Waals surface area contributed by atoms with E-state index >= 15 is 0 Å². The third kappa shape index (κ3) is 2.91. The number of benzene rings is 3. The van der Waals surface area contributed by atoms with Crippen molar-refractivity contribution in [2.24, 2.45) is 10.2 Å². The van der Waals surface area contributed by atoms with Gasteiger partial charge in [0.05, 0.1) is 11.0 Å². The lowest BCUT2D eigenvalue weighted by Gasteiger charge is -2.08. The van der Waals surface area contributed by atoms with Gasteiger partial charge in [-0.25, -0.2) is 0 Å². The zero-order chi connectivity index (χ0) is 17.4. The molecule has 1 saturated heterocycles. The van der Waals surface area contributed by atoms with E-state index in [0.717, 1.165) is 16.3 Å². The van der Waals surface area contributed by atoms with Crippen LogP contribution in [0.5, 0.6) is 0 Å². The van der Waals surface area contributed by atoms with Crippen molar-refractivity contribution in [3.63, 3.8) is 0 Å². The highest BCUT2D eigenvalue weighted by Gasteiger charge is 2.38. The van der Waals surface area contributed by atoms with Gasteiger partial charge in [0.15, 0.2) is 5.17 Å². The largest absolute Gasteiger partial charge is 0.302 e. The number of rotatable bonds is 2. The number of amides is 1. The Morgan fingerprint density at radius 1 is 1.00 bits per heavy atom. The van der Waals surface area contributed by atoms with Gasteiger partial charge >= 0.3 is 0 Å². The molecule has 1 heterocycles. The maximum Gasteiger partial charge on any atom is 0.242 e. The van der Waals surface area contributed by atoms with E-state index in [2.05, 4.69) is 45.9 Å². The molecule has 0 atom stereocenters. The van der Waals surface area contributed by atoms with Crippen molar-refractivity contribution in [2.45, 2.75) is 18.6 Å². The Kier molecular flexibility index (Phi) is 3.81. The second-order valence-electron chi connectivity index (χ2n) is 6.45. The topological polar surface area (TPSA) is 53.8 Å². The molecule has 4 nitrogen and oxygen atoms in total. The van der Waals surface area contributed by atoms with Crippen molar-refractivity contribution >= 4 is 50.6 Å². The average molecular weight is 347 g/mol. The molecule has 4 rings (SSSR count). The second kappa shape index (κ2) is 6.01. The first-order valence-corrected chi connectivity index (χ1v) is 8.88. The number of hydrogen-bond acceptors (Lipinski definition) is 4. The van der Waals surface area contributed by atoms with Gasteiger partial charge in [0.25, 0.3) is 0 Å². The monoisotopic (exact) mass is 347 g/mol. The van der Waals surface area contributed by atoms with Gasteiger partial charge in [0, 0.05) is 5.56 Å². The lowest BCUT2D eigenvalue weighted by atomic mass is 9.97. The summed E-state index contributed by atoms with van der Waals surface area (Å²) < 4.78 is -0.500. The molecule has 0 radical (unpaired) electrons. The Morgan fingerprint density at radius 2 is 1.60 bits per heavy atom. The molecular formula is C20H17N3OS. The summed E-state index contributed by atoms with van der Waals surface area (Å²) >= 11 is 1.39. The molecule has 3 aromatic carbocycles. The number of nitrogens with zero attached hydrogens (tertiary/aromatic N) is 2. The summed E-state index contributed by atoms with van der Waals surface area (Å²) in [6, 6.07) is 18.7. The van der Waals surface area contributed by atoms with Crippen molar-refractivity contribution in [1.82, 2.24) is 5.32 Å². The van der Waals surface area contributed by atoms with Crippen LogP contribution in [0.3, 0.4) is 0 Å². The van der Waals surface area contributed by atoms with Crippen molar-refractivity contribution in [3.05, 3.63) is 60.2 Å². The highest BCUT2D eigenvalue weighted by molar-refractivity contribution is 8.16. The number of fused-ring (bicyclic) bond motifs is 2. The molecule has 3 aromatic rings. The van der Waals surface area contributed by atoms with Crippen LogP contribution < -0.4 is 5.32 Å². The van der Waals surface area contributed by atoms with E-state index in [1.807, 2.05) is 38.1 Å². The van der Waals surface area contributed by atoms with E-state index in [1.54, 1.807) is 6.21 Å². The van der Waals surface area contributed by atoms with Crippen molar-refractivity contribution in [2.75, 3.05) is 0 Å². The molecule has 1 amide bonds. The summed E-state index contributed by atoms with van der Waals surface area (Å²) in [6.07, 6.45) is 1.77. The smallest absolute Gasteiger partial charge is 0.242 e. The minimum Gasteiger partial charge on any atom is -0.302 e. The van der Waals surface area contributed by atoms with Crippen LogP contribution in [0.25, 0.3) is 21.5 Å². The first kappa shape index (κ1) is 15.8. The van der Waals surface area contributed by atoms with Crippen LogP contribution in [0.4, 0.5) is 0 Å². The molecule has 0 unspecified atom stereocenters. The minimum atomic E-state index is -0.500. The Hall–Kier alpha value is -2.66. The molecule has 1 N–H and O–H groups in total. The van der Waals surface area contributed by atoms with Crippen LogP contribution in [-0.2, 0) is 4.79 Å². The minimum absolute atomic E-state index is 0.0398. The second-order valence-corrected chi connectivity index (χ2v) is 8.06. The average Bonchev–Trinajstić information content (AvgIpc) is 2.86. The van der Waals surface area contributed by atoms with Gasteiger partial charge in [-0.2, -0.15) is 5.10 Å². The van der Waals surface area contributed by atoms with Gasteiger partial charge < -0.3 is 5.32 Å². The van der Waals surface area contributed by atoms with Gasteiger partial charge in [-0.1, -0.05) is 60.3 Å². The van der Waals surface area contributed by atoms with E-state index < -0.39 is 4.75 Å². The van der Waals surface area contributed by atoms with Crippen LogP contribution >= 0.6 is 11.8 Å². The highest BCUT2D eigenvalue weighted by atomic mass is 32.2. The summed E-state index contributed by atoms with van der Waals surface area (Å²) in [4.78, 5) is 11.8. The van der Waals surface area contributed by atoms with Gasteiger partial charge in [0.1, 0.15) is 0 Å². The predicted octanol–water partition coefficient (Wildman–Crippen LogP) is 4.32. The highest BCUT2D eigenvalue weighted by Crippen LogP contribution is 2.31. The van der Waals surface area contributed by atoms with Gasteiger partial charge in [-0.05, 0) is 41.5 Å². The summed E-state index contributed by atoms with van der Waals surface area (Å²) in [6.45, 7) is 3.74. The fraction of sp³-hybridized carbons (Fsp3) is 0.150. The zero-order valence-corrected chi connectivity index (χ0v) is 14.8. The number of hydrogen-bond donors (Lipinski definition) is 1. The van der Waals surface area contributed by atoms with Crippen LogP contribution in [0.2, 0.25) is 0 Å². The summed E-state index contributed by atoms with van der Waals surface area (Å²) in [5, 5.41) is 16.3. The van der Waals surface area contributed by atoms with Crippen molar-refractivity contribution < 1.29 is 4.79 Å². The number of carbonyl (C=O) groups is 1. The first-order valence-electron chi connectivity index (χ1n) is 8.06. The van der Waals surface area contributed by atoms with Gasteiger partial charge in [-0.15, -0.1) is 5.10 Å². The van der Waals surface area contributed by atoms with Gasteiger partial charge in [0.2, 0.25) is 5.91 Å². The van der Waals surface area contributed by atoms with E-state index in [9.17, 15) is 4.79 Å². The summed E-state index contributed by atoms with van der Waals surface area (Å²) in [5.74, 6) is -0.0398. The summed E-state index contributed by atoms with van der Waals surface area (Å²) in [5.41, 5.74) is 1.03. The predicted molar refractivity (Wildman–Crippen MR) is 106 cm³/mol. The summed E-state index contributed by atoms with van der Waals surface area (Å²) in [7, 11) is 0. The Labute approximate surface area is 150 Å². The number of thioether (sulfide) groups is 1. The lowest BCUT2D eigenvalue weighted by molar-refractivity contribution is -0.120. The Balaban J connectivity index is 1.79. The molecule has 0 saturated carbocycles. The molecule has 124 valence electrons. The van der Waals surface area contributed by atoms with Crippen molar-refractivity contribution in [1.29, 1.82) is 0 Å². The van der Waals surface area contributed by atoms with E-state index in [0.29, 0.717) is 5.17 Å². The van der Waals surface area contributed by atoms with Crippen LogP contribution in [0.1, 0.15) is 19.4 Å². The van der Waals surface area contributed by atoms with Crippen LogP contribution in [0.15, 0.2) is 64.8 Å². The normalized spacial score (nSPS) is 18.5. The molecule has 0 spiro atoms. The molecular weight excluding hydrogens is 330 g/mol.